The van der Waals surface area contributed by atoms with Gasteiger partial charge in [-0.25, -0.2) is 9.59 Å². The van der Waals surface area contributed by atoms with Crippen LogP contribution in [-0.2, 0) is 19.1 Å². The van der Waals surface area contributed by atoms with Crippen LogP contribution in [0.2, 0.25) is 0 Å². The van der Waals surface area contributed by atoms with Crippen molar-refractivity contribution in [2.75, 3.05) is 14.2 Å². The van der Waals surface area contributed by atoms with E-state index in [1.165, 1.54) is 14.2 Å². The molecular weight excluding hydrogens is 224 g/mol. The molecule has 0 radical (unpaired) electrons. The standard InChI is InChI=1S/C12H14O5/c1-7-5-6-9(17-7)8(2)10(11(13)15-3)12(14)16-4/h5-6H,1-4H3. The van der Waals surface area contributed by atoms with Gasteiger partial charge in [-0.15, -0.1) is 0 Å². The molecule has 0 atom stereocenters. The normalized spacial score (nSPS) is 9.65. The first-order valence-corrected chi connectivity index (χ1v) is 4.95. The molecule has 0 fully saturated rings. The van der Waals surface area contributed by atoms with Crippen LogP contribution in [0.25, 0.3) is 5.57 Å². The molecule has 1 rings (SSSR count). The fraction of sp³-hybridized carbons (Fsp3) is 0.333. The molecule has 5 nitrogen and oxygen atoms in total. The van der Waals surface area contributed by atoms with E-state index in [1.807, 2.05) is 0 Å². The Balaban J connectivity index is 3.27. The maximum atomic E-state index is 11.5. The summed E-state index contributed by atoms with van der Waals surface area (Å²) in [6.45, 7) is 3.37. The number of rotatable bonds is 3. The summed E-state index contributed by atoms with van der Waals surface area (Å²) in [6.07, 6.45) is 0. The molecular formula is C12H14O5. The van der Waals surface area contributed by atoms with Gasteiger partial charge in [-0.1, -0.05) is 0 Å². The number of aryl methyl sites for hydroxylation is 1. The third-order valence-corrected chi connectivity index (χ3v) is 2.26. The SMILES string of the molecule is COC(=O)C(C(=O)OC)=C(C)c1ccc(C)o1. The number of carbonyl (C=O) groups excluding carboxylic acids is 2. The first-order chi connectivity index (χ1) is 8.01. The van der Waals surface area contributed by atoms with Gasteiger partial charge in [0.1, 0.15) is 11.5 Å². The first-order valence-electron chi connectivity index (χ1n) is 4.95. The summed E-state index contributed by atoms with van der Waals surface area (Å²) in [5, 5.41) is 0. The number of hydrogen-bond donors (Lipinski definition) is 0. The van der Waals surface area contributed by atoms with Gasteiger partial charge in [0, 0.05) is 5.57 Å². The van der Waals surface area contributed by atoms with Crippen molar-refractivity contribution in [3.8, 4) is 0 Å². The summed E-state index contributed by atoms with van der Waals surface area (Å²) in [5.74, 6) is -0.367. The van der Waals surface area contributed by atoms with Gasteiger partial charge in [0.2, 0.25) is 0 Å². The van der Waals surface area contributed by atoms with Crippen molar-refractivity contribution >= 4 is 17.5 Å². The van der Waals surface area contributed by atoms with Crippen molar-refractivity contribution in [3.05, 3.63) is 29.2 Å². The first kappa shape index (κ1) is 13.0. The molecule has 0 spiro atoms. The van der Waals surface area contributed by atoms with Crippen LogP contribution in [-0.4, -0.2) is 26.2 Å². The molecule has 0 amide bonds. The van der Waals surface area contributed by atoms with Crippen LogP contribution < -0.4 is 0 Å². The molecule has 1 aromatic rings. The molecule has 0 saturated heterocycles. The van der Waals surface area contributed by atoms with E-state index in [2.05, 4.69) is 9.47 Å². The smallest absolute Gasteiger partial charge is 0.345 e. The van der Waals surface area contributed by atoms with E-state index in [4.69, 9.17) is 4.42 Å². The van der Waals surface area contributed by atoms with Crippen LogP contribution in [0.4, 0.5) is 0 Å². The second-order valence-corrected chi connectivity index (χ2v) is 3.39. The van der Waals surface area contributed by atoms with Gasteiger partial charge in [0.15, 0.2) is 5.57 Å². The van der Waals surface area contributed by atoms with Gasteiger partial charge in [0.25, 0.3) is 0 Å². The highest BCUT2D eigenvalue weighted by atomic mass is 16.5. The number of furan rings is 1. The minimum atomic E-state index is -0.747. The lowest BCUT2D eigenvalue weighted by Crippen LogP contribution is -2.17. The quantitative estimate of drug-likeness (QED) is 0.347. The largest absolute Gasteiger partial charge is 0.465 e. The lowest BCUT2D eigenvalue weighted by molar-refractivity contribution is -0.143. The number of esters is 2. The molecule has 0 bridgehead atoms. The Morgan fingerprint density at radius 3 is 2.00 bits per heavy atom. The highest BCUT2D eigenvalue weighted by Crippen LogP contribution is 2.22. The van der Waals surface area contributed by atoms with Crippen molar-refractivity contribution < 1.29 is 23.5 Å². The van der Waals surface area contributed by atoms with Gasteiger partial charge in [-0.3, -0.25) is 0 Å². The van der Waals surface area contributed by atoms with Crippen LogP contribution >= 0.6 is 0 Å². The summed E-state index contributed by atoms with van der Waals surface area (Å²) in [4.78, 5) is 23.0. The monoisotopic (exact) mass is 238 g/mol. The van der Waals surface area contributed by atoms with Gasteiger partial charge < -0.3 is 13.9 Å². The fourth-order valence-corrected chi connectivity index (χ4v) is 1.35. The van der Waals surface area contributed by atoms with Crippen molar-refractivity contribution in [2.24, 2.45) is 0 Å². The lowest BCUT2D eigenvalue weighted by Gasteiger charge is -2.06. The van der Waals surface area contributed by atoms with E-state index < -0.39 is 11.9 Å². The fourth-order valence-electron chi connectivity index (χ4n) is 1.35. The highest BCUT2D eigenvalue weighted by molar-refractivity contribution is 6.19. The van der Waals surface area contributed by atoms with Crippen molar-refractivity contribution in [1.29, 1.82) is 0 Å². The molecule has 0 aromatic carbocycles. The number of carbonyl (C=O) groups is 2. The summed E-state index contributed by atoms with van der Waals surface area (Å²) >= 11 is 0. The molecule has 1 aromatic heterocycles. The van der Waals surface area contributed by atoms with E-state index in [0.29, 0.717) is 17.1 Å². The Kier molecular flexibility index (Phi) is 4.09. The molecule has 17 heavy (non-hydrogen) atoms. The van der Waals surface area contributed by atoms with Gasteiger partial charge in [-0.05, 0) is 26.0 Å². The zero-order chi connectivity index (χ0) is 13.0. The predicted molar refractivity (Wildman–Crippen MR) is 60.1 cm³/mol. The van der Waals surface area contributed by atoms with E-state index >= 15 is 0 Å². The van der Waals surface area contributed by atoms with Gasteiger partial charge >= 0.3 is 11.9 Å². The third-order valence-electron chi connectivity index (χ3n) is 2.26. The maximum absolute atomic E-state index is 11.5. The highest BCUT2D eigenvalue weighted by Gasteiger charge is 2.24. The summed E-state index contributed by atoms with van der Waals surface area (Å²) < 4.78 is 14.4. The summed E-state index contributed by atoms with van der Waals surface area (Å²) in [5.41, 5.74) is 0.223. The van der Waals surface area contributed by atoms with Gasteiger partial charge in [-0.2, -0.15) is 0 Å². The lowest BCUT2D eigenvalue weighted by atomic mass is 10.1. The van der Waals surface area contributed by atoms with E-state index in [0.717, 1.165) is 0 Å². The van der Waals surface area contributed by atoms with Crippen molar-refractivity contribution in [2.45, 2.75) is 13.8 Å². The Hall–Kier alpha value is -2.04. The number of allylic oxidation sites excluding steroid dienone is 1. The van der Waals surface area contributed by atoms with E-state index in [1.54, 1.807) is 26.0 Å². The molecule has 92 valence electrons. The summed E-state index contributed by atoms with van der Waals surface area (Å²) in [6, 6.07) is 3.42. The zero-order valence-corrected chi connectivity index (χ0v) is 10.2. The Morgan fingerprint density at radius 2 is 1.65 bits per heavy atom. The molecule has 0 saturated carbocycles. The maximum Gasteiger partial charge on any atom is 0.345 e. The molecule has 0 aliphatic heterocycles. The molecule has 0 aliphatic carbocycles. The van der Waals surface area contributed by atoms with Crippen LogP contribution in [0.15, 0.2) is 22.1 Å². The minimum Gasteiger partial charge on any atom is -0.465 e. The number of hydrogen-bond acceptors (Lipinski definition) is 5. The number of ether oxygens (including phenoxy) is 2. The molecule has 0 N–H and O–H groups in total. The Labute approximate surface area is 99.0 Å². The predicted octanol–water partition coefficient (Wildman–Crippen LogP) is 1.71. The second kappa shape index (κ2) is 5.34. The second-order valence-electron chi connectivity index (χ2n) is 3.39. The Morgan fingerprint density at radius 1 is 1.12 bits per heavy atom. The average Bonchev–Trinajstić information content (AvgIpc) is 2.75. The molecule has 0 aliphatic rings. The zero-order valence-electron chi connectivity index (χ0n) is 10.2. The van der Waals surface area contributed by atoms with Crippen molar-refractivity contribution in [3.63, 3.8) is 0 Å². The minimum absolute atomic E-state index is 0.163. The topological polar surface area (TPSA) is 65.7 Å². The van der Waals surface area contributed by atoms with Crippen LogP contribution in [0.1, 0.15) is 18.4 Å². The van der Waals surface area contributed by atoms with Crippen LogP contribution in [0, 0.1) is 6.92 Å². The average molecular weight is 238 g/mol. The van der Waals surface area contributed by atoms with Crippen LogP contribution in [0.5, 0.6) is 0 Å². The van der Waals surface area contributed by atoms with E-state index in [9.17, 15) is 9.59 Å². The molecule has 1 heterocycles. The van der Waals surface area contributed by atoms with Crippen LogP contribution in [0.3, 0.4) is 0 Å². The molecule has 0 unspecified atom stereocenters. The van der Waals surface area contributed by atoms with Gasteiger partial charge in [0.05, 0.1) is 14.2 Å². The van der Waals surface area contributed by atoms with E-state index in [-0.39, 0.29) is 5.57 Å². The third kappa shape index (κ3) is 2.75. The Bertz CT molecular complexity index is 449. The number of methoxy groups -OCH3 is 2. The molecule has 5 heteroatoms. The summed E-state index contributed by atoms with van der Waals surface area (Å²) in [7, 11) is 2.40. The van der Waals surface area contributed by atoms with Crippen molar-refractivity contribution in [1.82, 2.24) is 0 Å².